The SMILES string of the molecule is NC(CCC(=O)N1CCn2c(nnc2C(F)(F)F)C1)c1cc(F)c(F)cc1F. The van der Waals surface area contributed by atoms with Crippen molar-refractivity contribution < 1.29 is 31.1 Å². The third-order valence-corrected chi connectivity index (χ3v) is 4.47. The molecule has 1 atom stereocenters. The lowest BCUT2D eigenvalue weighted by atomic mass is 10.0. The maximum atomic E-state index is 13.7. The third kappa shape index (κ3) is 3.96. The zero-order valence-electron chi connectivity index (χ0n) is 14.3. The number of amides is 1. The summed E-state index contributed by atoms with van der Waals surface area (Å²) < 4.78 is 79.4. The predicted octanol–water partition coefficient (Wildman–Crippen LogP) is 2.54. The van der Waals surface area contributed by atoms with Crippen molar-refractivity contribution in [2.45, 2.75) is 38.1 Å². The van der Waals surface area contributed by atoms with Crippen LogP contribution >= 0.6 is 0 Å². The van der Waals surface area contributed by atoms with Gasteiger partial charge in [0.1, 0.15) is 5.82 Å². The molecule has 12 heteroatoms. The summed E-state index contributed by atoms with van der Waals surface area (Å²) in [5, 5.41) is 6.60. The summed E-state index contributed by atoms with van der Waals surface area (Å²) in [6.07, 6.45) is -4.85. The topological polar surface area (TPSA) is 77.0 Å². The van der Waals surface area contributed by atoms with Crippen LogP contribution < -0.4 is 5.73 Å². The summed E-state index contributed by atoms with van der Waals surface area (Å²) >= 11 is 0. The minimum atomic E-state index is -4.64. The molecule has 0 radical (unpaired) electrons. The van der Waals surface area contributed by atoms with Crippen molar-refractivity contribution >= 4 is 5.91 Å². The number of alkyl halides is 3. The van der Waals surface area contributed by atoms with Crippen LogP contribution in [0.25, 0.3) is 0 Å². The van der Waals surface area contributed by atoms with Crippen LogP contribution in [0, 0.1) is 17.5 Å². The van der Waals surface area contributed by atoms with Gasteiger partial charge in [0.2, 0.25) is 11.7 Å². The average Bonchev–Trinajstić information content (AvgIpc) is 3.06. The monoisotopic (exact) mass is 407 g/mol. The fourth-order valence-corrected chi connectivity index (χ4v) is 2.99. The molecule has 1 aliphatic heterocycles. The summed E-state index contributed by atoms with van der Waals surface area (Å²) in [4.78, 5) is 13.6. The van der Waals surface area contributed by atoms with E-state index in [0.717, 1.165) is 4.57 Å². The Kier molecular flexibility index (Phi) is 5.33. The van der Waals surface area contributed by atoms with E-state index in [4.69, 9.17) is 5.73 Å². The highest BCUT2D eigenvalue weighted by Gasteiger charge is 2.39. The van der Waals surface area contributed by atoms with E-state index in [0.29, 0.717) is 12.1 Å². The van der Waals surface area contributed by atoms with Gasteiger partial charge in [0.15, 0.2) is 17.5 Å². The number of benzene rings is 1. The second-order valence-corrected chi connectivity index (χ2v) is 6.34. The fraction of sp³-hybridized carbons (Fsp3) is 0.438. The van der Waals surface area contributed by atoms with Gasteiger partial charge in [0.05, 0.1) is 6.54 Å². The average molecular weight is 407 g/mol. The second kappa shape index (κ2) is 7.41. The Morgan fingerprint density at radius 2 is 1.79 bits per heavy atom. The third-order valence-electron chi connectivity index (χ3n) is 4.47. The maximum absolute atomic E-state index is 13.7. The number of carbonyl (C=O) groups is 1. The molecule has 2 aromatic rings. The number of nitrogens with two attached hydrogens (primary N) is 1. The molecule has 3 rings (SSSR count). The summed E-state index contributed by atoms with van der Waals surface area (Å²) in [5.74, 6) is -5.17. The molecule has 152 valence electrons. The van der Waals surface area contributed by atoms with Gasteiger partial charge in [-0.15, -0.1) is 10.2 Å². The number of hydrogen-bond donors (Lipinski definition) is 1. The first kappa shape index (κ1) is 20.1. The fourth-order valence-electron chi connectivity index (χ4n) is 2.99. The van der Waals surface area contributed by atoms with Gasteiger partial charge in [-0.1, -0.05) is 0 Å². The molecule has 2 N–H and O–H groups in total. The Labute approximate surface area is 154 Å². The highest BCUT2D eigenvalue weighted by atomic mass is 19.4. The van der Waals surface area contributed by atoms with Gasteiger partial charge < -0.3 is 15.2 Å². The largest absolute Gasteiger partial charge is 0.451 e. The molecule has 0 fully saturated rings. The Bertz CT molecular complexity index is 896. The van der Waals surface area contributed by atoms with Crippen molar-refractivity contribution in [3.05, 3.63) is 46.8 Å². The Hall–Kier alpha value is -2.63. The van der Waals surface area contributed by atoms with Crippen molar-refractivity contribution in [2.24, 2.45) is 5.73 Å². The molecule has 0 aliphatic carbocycles. The van der Waals surface area contributed by atoms with Gasteiger partial charge in [-0.05, 0) is 12.5 Å². The van der Waals surface area contributed by atoms with E-state index in [1.54, 1.807) is 0 Å². The number of nitrogens with zero attached hydrogens (tertiary/aromatic N) is 4. The molecular formula is C16H15F6N5O. The first-order chi connectivity index (χ1) is 13.1. The molecule has 1 unspecified atom stereocenters. The molecule has 28 heavy (non-hydrogen) atoms. The summed E-state index contributed by atoms with van der Waals surface area (Å²) in [7, 11) is 0. The zero-order chi connectivity index (χ0) is 20.6. The van der Waals surface area contributed by atoms with Crippen molar-refractivity contribution in [3.63, 3.8) is 0 Å². The molecule has 0 saturated heterocycles. The van der Waals surface area contributed by atoms with Gasteiger partial charge in [-0.25, -0.2) is 13.2 Å². The van der Waals surface area contributed by atoms with E-state index in [9.17, 15) is 31.1 Å². The van der Waals surface area contributed by atoms with E-state index in [1.165, 1.54) is 4.90 Å². The van der Waals surface area contributed by atoms with E-state index < -0.39 is 41.4 Å². The predicted molar refractivity (Wildman–Crippen MR) is 82.9 cm³/mol. The number of carbonyl (C=O) groups excluding carboxylic acids is 1. The summed E-state index contributed by atoms with van der Waals surface area (Å²) in [6.45, 7) is -0.259. The molecule has 0 spiro atoms. The smallest absolute Gasteiger partial charge is 0.333 e. The highest BCUT2D eigenvalue weighted by molar-refractivity contribution is 5.76. The van der Waals surface area contributed by atoms with Crippen LogP contribution in [-0.4, -0.2) is 32.1 Å². The van der Waals surface area contributed by atoms with Crippen molar-refractivity contribution in [2.75, 3.05) is 6.54 Å². The lowest BCUT2D eigenvalue weighted by Crippen LogP contribution is -2.39. The van der Waals surface area contributed by atoms with Gasteiger partial charge in [0.25, 0.3) is 0 Å². The second-order valence-electron chi connectivity index (χ2n) is 6.34. The van der Waals surface area contributed by atoms with Crippen molar-refractivity contribution in [1.82, 2.24) is 19.7 Å². The van der Waals surface area contributed by atoms with E-state index in [1.807, 2.05) is 0 Å². The number of halogens is 6. The van der Waals surface area contributed by atoms with Gasteiger partial charge in [-0.3, -0.25) is 4.79 Å². The van der Waals surface area contributed by atoms with Crippen LogP contribution in [-0.2, 0) is 24.1 Å². The molecule has 1 aromatic carbocycles. The quantitative estimate of drug-likeness (QED) is 0.624. The maximum Gasteiger partial charge on any atom is 0.451 e. The molecule has 1 aromatic heterocycles. The highest BCUT2D eigenvalue weighted by Crippen LogP contribution is 2.29. The molecule has 0 bridgehead atoms. The minimum Gasteiger partial charge on any atom is -0.333 e. The molecule has 6 nitrogen and oxygen atoms in total. The molecule has 1 amide bonds. The van der Waals surface area contributed by atoms with E-state index in [-0.39, 0.29) is 43.9 Å². The van der Waals surface area contributed by atoms with Crippen molar-refractivity contribution in [3.8, 4) is 0 Å². The Morgan fingerprint density at radius 1 is 1.11 bits per heavy atom. The van der Waals surface area contributed by atoms with E-state index >= 15 is 0 Å². The number of aromatic nitrogens is 3. The molecular weight excluding hydrogens is 392 g/mol. The van der Waals surface area contributed by atoms with Crippen LogP contribution in [0.2, 0.25) is 0 Å². The molecule has 1 aliphatic rings. The first-order valence-electron chi connectivity index (χ1n) is 8.25. The van der Waals surface area contributed by atoms with Crippen LogP contribution in [0.4, 0.5) is 26.3 Å². The van der Waals surface area contributed by atoms with Gasteiger partial charge in [-0.2, -0.15) is 13.2 Å². The number of fused-ring (bicyclic) bond motifs is 1. The first-order valence-corrected chi connectivity index (χ1v) is 8.25. The van der Waals surface area contributed by atoms with Gasteiger partial charge in [0, 0.05) is 37.2 Å². The molecule has 0 saturated carbocycles. The number of rotatable bonds is 4. The lowest BCUT2D eigenvalue weighted by Gasteiger charge is -2.28. The van der Waals surface area contributed by atoms with Crippen LogP contribution in [0.1, 0.15) is 36.1 Å². The van der Waals surface area contributed by atoms with Crippen molar-refractivity contribution in [1.29, 1.82) is 0 Å². The Balaban J connectivity index is 1.62. The normalized spacial score (nSPS) is 15.5. The summed E-state index contributed by atoms with van der Waals surface area (Å²) in [6, 6.07) is -0.0338. The minimum absolute atomic E-state index is 0.00266. The van der Waals surface area contributed by atoms with Crippen LogP contribution in [0.5, 0.6) is 0 Å². The number of hydrogen-bond acceptors (Lipinski definition) is 4. The van der Waals surface area contributed by atoms with Gasteiger partial charge >= 0.3 is 6.18 Å². The van der Waals surface area contributed by atoms with Crippen LogP contribution in [0.15, 0.2) is 12.1 Å². The lowest BCUT2D eigenvalue weighted by molar-refractivity contribution is -0.148. The summed E-state index contributed by atoms with van der Waals surface area (Å²) in [5.41, 5.74) is 5.51. The van der Waals surface area contributed by atoms with Crippen LogP contribution in [0.3, 0.4) is 0 Å². The standard InChI is InChI=1S/C16H15F6N5O/c17-9-6-11(19)10(18)5-8(9)12(23)1-2-14(28)26-3-4-27-13(7-26)24-25-15(27)16(20,21)22/h5-6,12H,1-4,7,23H2. The zero-order valence-corrected chi connectivity index (χ0v) is 14.3. The Morgan fingerprint density at radius 3 is 2.46 bits per heavy atom. The van der Waals surface area contributed by atoms with E-state index in [2.05, 4.69) is 10.2 Å². The molecule has 2 heterocycles.